The minimum atomic E-state index is 0.0915. The third-order valence-electron chi connectivity index (χ3n) is 5.20. The van der Waals surface area contributed by atoms with Crippen molar-refractivity contribution in [1.82, 2.24) is 19.9 Å². The Morgan fingerprint density at radius 3 is 2.50 bits per heavy atom. The Hall–Kier alpha value is -2.02. The van der Waals surface area contributed by atoms with Gasteiger partial charge in [-0.05, 0) is 37.2 Å². The van der Waals surface area contributed by atoms with Crippen LogP contribution >= 0.6 is 11.3 Å². The van der Waals surface area contributed by atoms with E-state index in [0.29, 0.717) is 17.5 Å². The second kappa shape index (κ2) is 6.84. The normalized spacial score (nSPS) is 22.1. The Morgan fingerprint density at radius 1 is 1.04 bits per heavy atom. The summed E-state index contributed by atoms with van der Waals surface area (Å²) in [5.74, 6) is 2.24. The van der Waals surface area contributed by atoms with E-state index in [9.17, 15) is 4.79 Å². The molecule has 126 valence electrons. The highest BCUT2D eigenvalue weighted by atomic mass is 32.1. The summed E-state index contributed by atoms with van der Waals surface area (Å²) in [4.78, 5) is 29.5. The summed E-state index contributed by atoms with van der Waals surface area (Å²) >= 11 is 1.48. The summed E-state index contributed by atoms with van der Waals surface area (Å²) < 4.78 is 0. The first-order valence-corrected chi connectivity index (χ1v) is 9.45. The van der Waals surface area contributed by atoms with E-state index in [1.807, 2.05) is 16.3 Å². The number of carbonyl (C=O) groups is 1. The van der Waals surface area contributed by atoms with Gasteiger partial charge in [-0.3, -0.25) is 4.79 Å². The molecule has 4 heterocycles. The van der Waals surface area contributed by atoms with E-state index in [-0.39, 0.29) is 5.91 Å². The molecule has 2 aliphatic rings. The fourth-order valence-electron chi connectivity index (χ4n) is 3.86. The Kier molecular flexibility index (Phi) is 4.42. The van der Waals surface area contributed by atoms with Crippen LogP contribution in [0.25, 0.3) is 0 Å². The molecule has 2 aliphatic heterocycles. The summed E-state index contributed by atoms with van der Waals surface area (Å²) in [6.07, 6.45) is 7.02. The van der Waals surface area contributed by atoms with E-state index in [2.05, 4.69) is 19.9 Å². The van der Waals surface area contributed by atoms with Gasteiger partial charge in [0.05, 0.1) is 5.51 Å². The molecule has 2 saturated heterocycles. The summed E-state index contributed by atoms with van der Waals surface area (Å²) in [7, 11) is 0. The van der Waals surface area contributed by atoms with Gasteiger partial charge in [0, 0.05) is 44.0 Å². The lowest BCUT2D eigenvalue weighted by Crippen LogP contribution is -2.38. The monoisotopic (exact) mass is 343 g/mol. The van der Waals surface area contributed by atoms with Crippen molar-refractivity contribution in [1.29, 1.82) is 0 Å². The van der Waals surface area contributed by atoms with E-state index in [0.717, 1.165) is 51.4 Å². The maximum atomic E-state index is 12.4. The van der Waals surface area contributed by atoms with Crippen LogP contribution in [-0.4, -0.2) is 51.9 Å². The van der Waals surface area contributed by atoms with Crippen molar-refractivity contribution >= 4 is 23.2 Å². The lowest BCUT2D eigenvalue weighted by atomic mass is 9.84. The number of thiazole rings is 1. The van der Waals surface area contributed by atoms with Gasteiger partial charge in [0.2, 0.25) is 5.95 Å². The molecule has 0 aromatic carbocycles. The van der Waals surface area contributed by atoms with Crippen LogP contribution in [0.2, 0.25) is 0 Å². The van der Waals surface area contributed by atoms with Gasteiger partial charge in [-0.1, -0.05) is 0 Å². The predicted molar refractivity (Wildman–Crippen MR) is 93.1 cm³/mol. The van der Waals surface area contributed by atoms with Crippen LogP contribution in [0.5, 0.6) is 0 Å². The number of carbonyl (C=O) groups excluding carboxylic acids is 1. The zero-order chi connectivity index (χ0) is 16.4. The minimum Gasteiger partial charge on any atom is -0.341 e. The Labute approximate surface area is 145 Å². The molecule has 0 aliphatic carbocycles. The molecule has 7 heteroatoms. The van der Waals surface area contributed by atoms with Crippen LogP contribution in [0.1, 0.15) is 29.8 Å². The fraction of sp³-hybridized carbons (Fsp3) is 0.529. The fourth-order valence-corrected chi connectivity index (χ4v) is 4.39. The standard InChI is InChI=1S/C17H21N5OS/c23-16(15-11-24-12-20-15)22-9-4-14(10-22)13-2-7-21(8-3-13)17-18-5-1-6-19-17/h1,5-6,11-14H,2-4,7-10H2. The molecule has 4 rings (SSSR count). The quantitative estimate of drug-likeness (QED) is 0.856. The van der Waals surface area contributed by atoms with Gasteiger partial charge in [-0.15, -0.1) is 11.3 Å². The summed E-state index contributed by atoms with van der Waals surface area (Å²) in [6.45, 7) is 3.75. The average molecular weight is 343 g/mol. The van der Waals surface area contributed by atoms with E-state index < -0.39 is 0 Å². The first-order chi connectivity index (χ1) is 11.8. The zero-order valence-electron chi connectivity index (χ0n) is 13.5. The van der Waals surface area contributed by atoms with E-state index in [1.54, 1.807) is 17.9 Å². The van der Waals surface area contributed by atoms with Crippen molar-refractivity contribution in [2.75, 3.05) is 31.1 Å². The number of nitrogens with zero attached hydrogens (tertiary/aromatic N) is 5. The number of hydrogen-bond acceptors (Lipinski definition) is 6. The van der Waals surface area contributed by atoms with Crippen LogP contribution in [0, 0.1) is 11.8 Å². The van der Waals surface area contributed by atoms with Gasteiger partial charge >= 0.3 is 0 Å². The number of rotatable bonds is 3. The van der Waals surface area contributed by atoms with Crippen LogP contribution in [-0.2, 0) is 0 Å². The Bertz CT molecular complexity index is 670. The van der Waals surface area contributed by atoms with Crippen molar-refractivity contribution in [2.24, 2.45) is 11.8 Å². The van der Waals surface area contributed by atoms with Crippen molar-refractivity contribution in [3.8, 4) is 0 Å². The molecule has 1 atom stereocenters. The van der Waals surface area contributed by atoms with Crippen molar-refractivity contribution < 1.29 is 4.79 Å². The van der Waals surface area contributed by atoms with Crippen LogP contribution in [0.3, 0.4) is 0 Å². The van der Waals surface area contributed by atoms with E-state index in [4.69, 9.17) is 0 Å². The molecular formula is C17H21N5OS. The van der Waals surface area contributed by atoms with Crippen molar-refractivity contribution in [3.05, 3.63) is 35.0 Å². The SMILES string of the molecule is O=C(c1cscn1)N1CCC(C2CCN(c3ncccn3)CC2)C1. The summed E-state index contributed by atoms with van der Waals surface area (Å²) in [6, 6.07) is 1.85. The maximum Gasteiger partial charge on any atom is 0.273 e. The zero-order valence-corrected chi connectivity index (χ0v) is 14.4. The molecule has 0 spiro atoms. The van der Waals surface area contributed by atoms with Gasteiger partial charge in [-0.25, -0.2) is 15.0 Å². The molecule has 0 saturated carbocycles. The van der Waals surface area contributed by atoms with Gasteiger partial charge < -0.3 is 9.80 Å². The van der Waals surface area contributed by atoms with Crippen molar-refractivity contribution in [2.45, 2.75) is 19.3 Å². The second-order valence-electron chi connectivity index (χ2n) is 6.55. The lowest BCUT2D eigenvalue weighted by molar-refractivity contribution is 0.0775. The molecule has 1 amide bonds. The van der Waals surface area contributed by atoms with Gasteiger partial charge in [-0.2, -0.15) is 0 Å². The first-order valence-electron chi connectivity index (χ1n) is 8.50. The van der Waals surface area contributed by atoms with Crippen LogP contribution in [0.15, 0.2) is 29.4 Å². The number of piperidine rings is 1. The van der Waals surface area contributed by atoms with E-state index in [1.165, 1.54) is 11.3 Å². The highest BCUT2D eigenvalue weighted by Crippen LogP contribution is 2.33. The van der Waals surface area contributed by atoms with Crippen molar-refractivity contribution in [3.63, 3.8) is 0 Å². The molecule has 0 bridgehead atoms. The Morgan fingerprint density at radius 2 is 1.79 bits per heavy atom. The molecular weight excluding hydrogens is 322 g/mol. The third-order valence-corrected chi connectivity index (χ3v) is 5.79. The van der Waals surface area contributed by atoms with Crippen LogP contribution < -0.4 is 4.90 Å². The molecule has 2 aromatic heterocycles. The molecule has 2 aromatic rings. The predicted octanol–water partition coefficient (Wildman–Crippen LogP) is 2.31. The Balaban J connectivity index is 1.31. The molecule has 2 fully saturated rings. The van der Waals surface area contributed by atoms with E-state index >= 15 is 0 Å². The maximum absolute atomic E-state index is 12.4. The topological polar surface area (TPSA) is 62.2 Å². The molecule has 1 unspecified atom stereocenters. The average Bonchev–Trinajstić information content (AvgIpc) is 3.34. The van der Waals surface area contributed by atoms with Gasteiger partial charge in [0.15, 0.2) is 0 Å². The largest absolute Gasteiger partial charge is 0.341 e. The highest BCUT2D eigenvalue weighted by molar-refractivity contribution is 7.07. The smallest absolute Gasteiger partial charge is 0.273 e. The second-order valence-corrected chi connectivity index (χ2v) is 7.27. The number of aromatic nitrogens is 3. The summed E-state index contributed by atoms with van der Waals surface area (Å²) in [5.41, 5.74) is 2.32. The lowest BCUT2D eigenvalue weighted by Gasteiger charge is -2.34. The number of likely N-dealkylation sites (tertiary alicyclic amines) is 1. The first kappa shape index (κ1) is 15.5. The number of anilines is 1. The highest BCUT2D eigenvalue weighted by Gasteiger charge is 2.34. The molecule has 0 N–H and O–H groups in total. The third kappa shape index (κ3) is 3.13. The minimum absolute atomic E-state index is 0.0915. The van der Waals surface area contributed by atoms with Gasteiger partial charge in [0.1, 0.15) is 5.69 Å². The number of amides is 1. The van der Waals surface area contributed by atoms with Crippen LogP contribution in [0.4, 0.5) is 5.95 Å². The molecule has 24 heavy (non-hydrogen) atoms. The van der Waals surface area contributed by atoms with Gasteiger partial charge in [0.25, 0.3) is 5.91 Å². The molecule has 0 radical (unpaired) electrons. The molecule has 6 nitrogen and oxygen atoms in total. The summed E-state index contributed by atoms with van der Waals surface area (Å²) in [5, 5.41) is 1.84. The number of hydrogen-bond donors (Lipinski definition) is 0.